The largest absolute Gasteiger partial charge is 0.294 e. The second-order valence-electron chi connectivity index (χ2n) is 3.50. The Hall–Kier alpha value is -1.69. The molecule has 1 aromatic heterocycles. The second kappa shape index (κ2) is 5.09. The summed E-state index contributed by atoms with van der Waals surface area (Å²) < 4.78 is 0. The van der Waals surface area contributed by atoms with Crippen LogP contribution in [-0.2, 0) is 13.5 Å². The molecule has 0 amide bonds. The summed E-state index contributed by atoms with van der Waals surface area (Å²) in [6.07, 6.45) is 2.14. The van der Waals surface area contributed by atoms with Crippen LogP contribution in [0.4, 0.5) is 0 Å². The van der Waals surface area contributed by atoms with Gasteiger partial charge in [0, 0.05) is 10.5 Å². The van der Waals surface area contributed by atoms with Crippen molar-refractivity contribution in [2.24, 2.45) is 7.05 Å². The summed E-state index contributed by atoms with van der Waals surface area (Å²) in [5.74, 6) is 0.469. The molecule has 0 aliphatic carbocycles. The van der Waals surface area contributed by atoms with Crippen LogP contribution < -0.4 is 0 Å². The summed E-state index contributed by atoms with van der Waals surface area (Å²) in [4.78, 5) is 14.4. The maximum Gasteiger partial charge on any atom is 0.182 e. The van der Waals surface area contributed by atoms with Crippen molar-refractivity contribution in [1.29, 1.82) is 0 Å². The number of hydrogen-bond acceptors (Lipinski definition) is 5. The lowest BCUT2D eigenvalue weighted by molar-refractivity contribution is 0.0988. The Morgan fingerprint density at radius 1 is 1.41 bits per heavy atom. The van der Waals surface area contributed by atoms with Crippen LogP contribution in [0.2, 0.25) is 0 Å². The molecule has 0 aliphatic rings. The SMILES string of the molecule is CSc1ccccc1C(=O)Cc1nnn(C)n1. The number of Topliss-reactive ketones (excluding diaryl/α,β-unsaturated/α-hetero) is 1. The molecule has 0 aliphatic heterocycles. The van der Waals surface area contributed by atoms with Gasteiger partial charge < -0.3 is 0 Å². The smallest absolute Gasteiger partial charge is 0.182 e. The third-order valence-electron chi connectivity index (χ3n) is 2.28. The van der Waals surface area contributed by atoms with Gasteiger partial charge >= 0.3 is 0 Å². The normalized spacial score (nSPS) is 10.5. The summed E-state index contributed by atoms with van der Waals surface area (Å²) in [5, 5.41) is 11.5. The average molecular weight is 248 g/mol. The van der Waals surface area contributed by atoms with Gasteiger partial charge in [0.25, 0.3) is 0 Å². The number of aromatic nitrogens is 4. The van der Waals surface area contributed by atoms with Gasteiger partial charge in [-0.15, -0.1) is 22.0 Å². The number of tetrazole rings is 1. The van der Waals surface area contributed by atoms with Crippen LogP contribution in [0.25, 0.3) is 0 Å². The highest BCUT2D eigenvalue weighted by atomic mass is 32.2. The first kappa shape index (κ1) is 11.8. The first-order valence-corrected chi connectivity index (χ1v) is 6.32. The Labute approximate surface area is 103 Å². The highest BCUT2D eigenvalue weighted by Gasteiger charge is 2.13. The third-order valence-corrected chi connectivity index (χ3v) is 3.07. The quantitative estimate of drug-likeness (QED) is 0.604. The predicted octanol–water partition coefficient (Wildman–Crippen LogP) is 1.36. The van der Waals surface area contributed by atoms with Gasteiger partial charge in [-0.1, -0.05) is 18.2 Å². The van der Waals surface area contributed by atoms with Gasteiger partial charge in [-0.25, -0.2) is 0 Å². The fourth-order valence-corrected chi connectivity index (χ4v) is 2.12. The van der Waals surface area contributed by atoms with E-state index in [2.05, 4.69) is 15.4 Å². The fourth-order valence-electron chi connectivity index (χ4n) is 1.51. The molecule has 0 radical (unpaired) electrons. The molecular weight excluding hydrogens is 236 g/mol. The number of ketones is 1. The van der Waals surface area contributed by atoms with Gasteiger partial charge in [0.2, 0.25) is 0 Å². The molecule has 1 aromatic carbocycles. The zero-order valence-corrected chi connectivity index (χ0v) is 10.4. The molecule has 6 heteroatoms. The third kappa shape index (κ3) is 2.71. The standard InChI is InChI=1S/C11H12N4OS/c1-15-13-11(12-14-15)7-9(16)8-5-3-4-6-10(8)17-2/h3-6H,7H2,1-2H3. The number of benzene rings is 1. The number of carbonyl (C=O) groups is 1. The van der Waals surface area contributed by atoms with E-state index in [-0.39, 0.29) is 12.2 Å². The minimum Gasteiger partial charge on any atom is -0.294 e. The summed E-state index contributed by atoms with van der Waals surface area (Å²) >= 11 is 1.56. The fraction of sp³-hybridized carbons (Fsp3) is 0.273. The van der Waals surface area contributed by atoms with Gasteiger partial charge in [0.15, 0.2) is 11.6 Å². The van der Waals surface area contributed by atoms with Crippen molar-refractivity contribution in [3.05, 3.63) is 35.7 Å². The Bertz CT molecular complexity index is 538. The number of carbonyl (C=O) groups excluding carboxylic acids is 1. The lowest BCUT2D eigenvalue weighted by Gasteiger charge is -2.03. The zero-order chi connectivity index (χ0) is 12.3. The van der Waals surface area contributed by atoms with Crippen molar-refractivity contribution in [2.75, 3.05) is 6.26 Å². The number of rotatable bonds is 4. The monoisotopic (exact) mass is 248 g/mol. The summed E-state index contributed by atoms with van der Waals surface area (Å²) in [6, 6.07) is 7.53. The van der Waals surface area contributed by atoms with Crippen molar-refractivity contribution >= 4 is 17.5 Å². The molecule has 5 nitrogen and oxygen atoms in total. The van der Waals surface area contributed by atoms with Gasteiger partial charge in [0.05, 0.1) is 13.5 Å². The first-order chi connectivity index (χ1) is 8.20. The van der Waals surface area contributed by atoms with Gasteiger partial charge in [-0.2, -0.15) is 4.80 Å². The predicted molar refractivity (Wildman–Crippen MR) is 65.1 cm³/mol. The molecule has 0 atom stereocenters. The molecule has 17 heavy (non-hydrogen) atoms. The lowest BCUT2D eigenvalue weighted by atomic mass is 10.1. The van der Waals surface area contributed by atoms with Crippen LogP contribution in [0.5, 0.6) is 0 Å². The maximum absolute atomic E-state index is 12.1. The number of aryl methyl sites for hydroxylation is 1. The molecule has 0 saturated carbocycles. The van der Waals surface area contributed by atoms with Crippen molar-refractivity contribution in [3.63, 3.8) is 0 Å². The van der Waals surface area contributed by atoms with Crippen molar-refractivity contribution in [3.8, 4) is 0 Å². The molecule has 0 fully saturated rings. The molecule has 0 bridgehead atoms. The molecule has 2 aromatic rings. The van der Waals surface area contributed by atoms with Crippen LogP contribution in [-0.4, -0.2) is 32.2 Å². The maximum atomic E-state index is 12.1. The van der Waals surface area contributed by atoms with Crippen LogP contribution in [0, 0.1) is 0 Å². The molecule has 0 N–H and O–H groups in total. The molecule has 0 saturated heterocycles. The molecule has 2 rings (SSSR count). The topological polar surface area (TPSA) is 60.7 Å². The van der Waals surface area contributed by atoms with E-state index in [1.165, 1.54) is 4.80 Å². The van der Waals surface area contributed by atoms with Crippen LogP contribution in [0.15, 0.2) is 29.2 Å². The Balaban J connectivity index is 2.20. The summed E-state index contributed by atoms with van der Waals surface area (Å²) in [6.45, 7) is 0. The first-order valence-electron chi connectivity index (χ1n) is 5.10. The van der Waals surface area contributed by atoms with Crippen molar-refractivity contribution in [1.82, 2.24) is 20.2 Å². The molecule has 0 spiro atoms. The van der Waals surface area contributed by atoms with E-state index in [1.807, 2.05) is 30.5 Å². The van der Waals surface area contributed by atoms with E-state index < -0.39 is 0 Å². The number of thioether (sulfide) groups is 1. The van der Waals surface area contributed by atoms with Gasteiger partial charge in [-0.3, -0.25) is 4.79 Å². The van der Waals surface area contributed by atoms with Crippen LogP contribution in [0.1, 0.15) is 16.2 Å². The Morgan fingerprint density at radius 2 is 2.18 bits per heavy atom. The van der Waals surface area contributed by atoms with E-state index in [0.29, 0.717) is 11.4 Å². The summed E-state index contributed by atoms with van der Waals surface area (Å²) in [5.41, 5.74) is 0.715. The van der Waals surface area contributed by atoms with Crippen molar-refractivity contribution in [2.45, 2.75) is 11.3 Å². The zero-order valence-electron chi connectivity index (χ0n) is 9.62. The number of hydrogen-bond donors (Lipinski definition) is 0. The van der Waals surface area contributed by atoms with Crippen molar-refractivity contribution < 1.29 is 4.79 Å². The Morgan fingerprint density at radius 3 is 2.82 bits per heavy atom. The lowest BCUT2D eigenvalue weighted by Crippen LogP contribution is -2.06. The minimum atomic E-state index is 0.0166. The van der Waals surface area contributed by atoms with E-state index in [4.69, 9.17) is 0 Å². The molecular formula is C11H12N4OS. The van der Waals surface area contributed by atoms with Crippen LogP contribution in [0.3, 0.4) is 0 Å². The second-order valence-corrected chi connectivity index (χ2v) is 4.34. The highest BCUT2D eigenvalue weighted by Crippen LogP contribution is 2.20. The minimum absolute atomic E-state index is 0.0166. The summed E-state index contributed by atoms with van der Waals surface area (Å²) in [7, 11) is 1.68. The van der Waals surface area contributed by atoms with Gasteiger partial charge in [-0.05, 0) is 17.5 Å². The average Bonchev–Trinajstić information content (AvgIpc) is 2.74. The van der Waals surface area contributed by atoms with Gasteiger partial charge in [0.1, 0.15) is 0 Å². The highest BCUT2D eigenvalue weighted by molar-refractivity contribution is 7.98. The molecule has 1 heterocycles. The number of nitrogens with zero attached hydrogens (tertiary/aromatic N) is 4. The van der Waals surface area contributed by atoms with E-state index >= 15 is 0 Å². The van der Waals surface area contributed by atoms with E-state index in [1.54, 1.807) is 18.8 Å². The van der Waals surface area contributed by atoms with Crippen LogP contribution >= 0.6 is 11.8 Å². The molecule has 0 unspecified atom stereocenters. The Kier molecular flexibility index (Phi) is 3.53. The van der Waals surface area contributed by atoms with E-state index in [0.717, 1.165) is 4.90 Å². The van der Waals surface area contributed by atoms with E-state index in [9.17, 15) is 4.79 Å². The molecule has 88 valence electrons.